The third-order valence-corrected chi connectivity index (χ3v) is 4.72. The summed E-state index contributed by atoms with van der Waals surface area (Å²) in [4.78, 5) is 13.7. The number of nitrogens with zero attached hydrogens (tertiary/aromatic N) is 2. The van der Waals surface area contributed by atoms with Crippen LogP contribution in [0.1, 0.15) is 41.6 Å². The van der Waals surface area contributed by atoms with E-state index in [9.17, 15) is 4.79 Å². The standard InChI is InChI=1S/C19H21N3OS/c1-19(2,3)15-8-6-14(7-9-15)18(23)21-17-10-11-20-22(17)13-16-5-4-12-24-16/h4-12H,13H2,1-3H3,(H,21,23). The van der Waals surface area contributed by atoms with Crippen LogP contribution in [0.15, 0.2) is 54.0 Å². The van der Waals surface area contributed by atoms with Crippen LogP contribution in [-0.2, 0) is 12.0 Å². The smallest absolute Gasteiger partial charge is 0.256 e. The van der Waals surface area contributed by atoms with Crippen molar-refractivity contribution in [2.75, 3.05) is 5.32 Å². The van der Waals surface area contributed by atoms with Gasteiger partial charge >= 0.3 is 0 Å². The molecule has 24 heavy (non-hydrogen) atoms. The van der Waals surface area contributed by atoms with Crippen LogP contribution in [0.2, 0.25) is 0 Å². The number of carbonyl (C=O) groups excluding carboxylic acids is 1. The van der Waals surface area contributed by atoms with Gasteiger partial charge in [-0.2, -0.15) is 5.10 Å². The van der Waals surface area contributed by atoms with Gasteiger partial charge in [-0.1, -0.05) is 39.0 Å². The Bertz CT molecular complexity index is 811. The maximum atomic E-state index is 12.5. The molecule has 1 aromatic carbocycles. The van der Waals surface area contributed by atoms with Crippen LogP contribution < -0.4 is 5.32 Å². The minimum atomic E-state index is -0.122. The van der Waals surface area contributed by atoms with E-state index in [0.717, 1.165) is 0 Å². The lowest BCUT2D eigenvalue weighted by Gasteiger charge is -2.19. The van der Waals surface area contributed by atoms with Gasteiger partial charge in [-0.25, -0.2) is 4.68 Å². The summed E-state index contributed by atoms with van der Waals surface area (Å²) in [5, 5.41) is 9.27. The zero-order chi connectivity index (χ0) is 17.2. The Kier molecular flexibility index (Phi) is 4.53. The number of benzene rings is 1. The molecule has 4 nitrogen and oxygen atoms in total. The van der Waals surface area contributed by atoms with E-state index in [1.54, 1.807) is 22.2 Å². The number of rotatable bonds is 4. The number of hydrogen-bond acceptors (Lipinski definition) is 3. The third kappa shape index (κ3) is 3.74. The highest BCUT2D eigenvalue weighted by atomic mass is 32.1. The molecule has 0 aliphatic heterocycles. The molecule has 0 spiro atoms. The zero-order valence-corrected chi connectivity index (χ0v) is 14.9. The molecule has 0 unspecified atom stereocenters. The number of nitrogens with one attached hydrogen (secondary N) is 1. The highest BCUT2D eigenvalue weighted by Gasteiger charge is 2.15. The summed E-state index contributed by atoms with van der Waals surface area (Å²) in [5.41, 5.74) is 1.93. The summed E-state index contributed by atoms with van der Waals surface area (Å²) in [5.74, 6) is 0.580. The Morgan fingerprint density at radius 3 is 2.54 bits per heavy atom. The average molecular weight is 339 g/mol. The number of aromatic nitrogens is 2. The molecule has 1 N–H and O–H groups in total. The van der Waals surface area contributed by atoms with E-state index in [1.165, 1.54) is 10.4 Å². The van der Waals surface area contributed by atoms with Gasteiger partial charge in [0.1, 0.15) is 5.82 Å². The summed E-state index contributed by atoms with van der Waals surface area (Å²) in [6.07, 6.45) is 1.70. The van der Waals surface area contributed by atoms with Gasteiger partial charge in [-0.05, 0) is 34.6 Å². The van der Waals surface area contributed by atoms with Crippen LogP contribution in [0.5, 0.6) is 0 Å². The Morgan fingerprint density at radius 1 is 1.17 bits per heavy atom. The van der Waals surface area contributed by atoms with Gasteiger partial charge in [0.2, 0.25) is 0 Å². The third-order valence-electron chi connectivity index (χ3n) is 3.86. The van der Waals surface area contributed by atoms with Crippen molar-refractivity contribution in [2.45, 2.75) is 32.7 Å². The van der Waals surface area contributed by atoms with Crippen LogP contribution >= 0.6 is 11.3 Å². The molecule has 0 saturated heterocycles. The summed E-state index contributed by atoms with van der Waals surface area (Å²) in [7, 11) is 0. The molecule has 0 saturated carbocycles. The van der Waals surface area contributed by atoms with E-state index < -0.39 is 0 Å². The molecule has 0 fully saturated rings. The van der Waals surface area contributed by atoms with Gasteiger partial charge in [-0.15, -0.1) is 11.3 Å². The molecule has 0 atom stereocenters. The van der Waals surface area contributed by atoms with E-state index in [-0.39, 0.29) is 11.3 Å². The summed E-state index contributed by atoms with van der Waals surface area (Å²) < 4.78 is 1.80. The molecule has 2 heterocycles. The molecular formula is C19H21N3OS. The zero-order valence-electron chi connectivity index (χ0n) is 14.1. The molecule has 0 aliphatic carbocycles. The molecule has 124 valence electrons. The molecule has 3 aromatic rings. The summed E-state index contributed by atoms with van der Waals surface area (Å²) in [6, 6.07) is 13.7. The van der Waals surface area contributed by atoms with Gasteiger partial charge in [0.15, 0.2) is 0 Å². The molecule has 1 amide bonds. The van der Waals surface area contributed by atoms with Crippen molar-refractivity contribution in [2.24, 2.45) is 0 Å². The second kappa shape index (κ2) is 6.61. The van der Waals surface area contributed by atoms with Crippen molar-refractivity contribution >= 4 is 23.1 Å². The van der Waals surface area contributed by atoms with Crippen LogP contribution in [0, 0.1) is 0 Å². The van der Waals surface area contributed by atoms with E-state index in [4.69, 9.17) is 0 Å². The van der Waals surface area contributed by atoms with Crippen molar-refractivity contribution in [3.63, 3.8) is 0 Å². The minimum Gasteiger partial charge on any atom is -0.307 e. The molecular weight excluding hydrogens is 318 g/mol. The van der Waals surface area contributed by atoms with E-state index >= 15 is 0 Å². The summed E-state index contributed by atoms with van der Waals surface area (Å²) >= 11 is 1.68. The van der Waals surface area contributed by atoms with E-state index in [0.29, 0.717) is 17.9 Å². The SMILES string of the molecule is CC(C)(C)c1ccc(C(=O)Nc2ccnn2Cc2cccs2)cc1. The van der Waals surface area contributed by atoms with Gasteiger partial charge in [0.05, 0.1) is 12.7 Å². The number of carbonyl (C=O) groups is 1. The minimum absolute atomic E-state index is 0.0777. The fourth-order valence-corrected chi connectivity index (χ4v) is 3.11. The lowest BCUT2D eigenvalue weighted by atomic mass is 9.87. The maximum absolute atomic E-state index is 12.5. The number of anilines is 1. The second-order valence-electron chi connectivity index (χ2n) is 6.73. The molecule has 0 aliphatic rings. The van der Waals surface area contributed by atoms with Crippen LogP contribution in [-0.4, -0.2) is 15.7 Å². The van der Waals surface area contributed by atoms with Gasteiger partial charge in [0, 0.05) is 16.5 Å². The van der Waals surface area contributed by atoms with E-state index in [1.807, 2.05) is 41.8 Å². The number of hydrogen-bond donors (Lipinski definition) is 1. The first-order chi connectivity index (χ1) is 11.4. The lowest BCUT2D eigenvalue weighted by Crippen LogP contribution is -2.17. The van der Waals surface area contributed by atoms with E-state index in [2.05, 4.69) is 37.3 Å². The normalized spacial score (nSPS) is 11.5. The fraction of sp³-hybridized carbons (Fsp3) is 0.263. The van der Waals surface area contributed by atoms with Crippen molar-refractivity contribution in [1.82, 2.24) is 9.78 Å². The Morgan fingerprint density at radius 2 is 1.92 bits per heavy atom. The lowest BCUT2D eigenvalue weighted by molar-refractivity contribution is 0.102. The van der Waals surface area contributed by atoms with Gasteiger partial charge < -0.3 is 5.32 Å². The first-order valence-corrected chi connectivity index (χ1v) is 8.77. The van der Waals surface area contributed by atoms with Gasteiger partial charge in [0.25, 0.3) is 5.91 Å². The molecule has 5 heteroatoms. The maximum Gasteiger partial charge on any atom is 0.256 e. The Labute approximate surface area is 146 Å². The quantitative estimate of drug-likeness (QED) is 0.758. The van der Waals surface area contributed by atoms with Crippen molar-refractivity contribution < 1.29 is 4.79 Å². The molecule has 2 aromatic heterocycles. The Hall–Kier alpha value is -2.40. The largest absolute Gasteiger partial charge is 0.307 e. The monoisotopic (exact) mass is 339 g/mol. The first kappa shape index (κ1) is 16.5. The van der Waals surface area contributed by atoms with Crippen molar-refractivity contribution in [3.05, 3.63) is 70.0 Å². The summed E-state index contributed by atoms with van der Waals surface area (Å²) in [6.45, 7) is 7.13. The predicted molar refractivity (Wildman–Crippen MR) is 98.7 cm³/mol. The highest BCUT2D eigenvalue weighted by molar-refractivity contribution is 7.09. The highest BCUT2D eigenvalue weighted by Crippen LogP contribution is 2.22. The predicted octanol–water partition coefficient (Wildman–Crippen LogP) is 4.54. The van der Waals surface area contributed by atoms with Crippen LogP contribution in [0.3, 0.4) is 0 Å². The number of amides is 1. The molecule has 0 bridgehead atoms. The average Bonchev–Trinajstić information content (AvgIpc) is 3.20. The molecule has 0 radical (unpaired) electrons. The first-order valence-electron chi connectivity index (χ1n) is 7.89. The fourth-order valence-electron chi connectivity index (χ4n) is 2.43. The van der Waals surface area contributed by atoms with Crippen molar-refractivity contribution in [3.8, 4) is 0 Å². The molecule has 3 rings (SSSR count). The van der Waals surface area contributed by atoms with Crippen molar-refractivity contribution in [1.29, 1.82) is 0 Å². The van der Waals surface area contributed by atoms with Crippen LogP contribution in [0.25, 0.3) is 0 Å². The Balaban J connectivity index is 1.72. The second-order valence-corrected chi connectivity index (χ2v) is 7.77. The number of thiophene rings is 1. The van der Waals surface area contributed by atoms with Gasteiger partial charge in [-0.3, -0.25) is 4.79 Å². The topological polar surface area (TPSA) is 46.9 Å². The van der Waals surface area contributed by atoms with Crippen LogP contribution in [0.4, 0.5) is 5.82 Å².